The summed E-state index contributed by atoms with van der Waals surface area (Å²) in [6.45, 7) is 1.42. The predicted molar refractivity (Wildman–Crippen MR) is 129 cm³/mol. The van der Waals surface area contributed by atoms with Crippen molar-refractivity contribution >= 4 is 29.6 Å². The van der Waals surface area contributed by atoms with Crippen LogP contribution in [-0.4, -0.2) is 44.2 Å². The van der Waals surface area contributed by atoms with Crippen molar-refractivity contribution in [2.24, 2.45) is 5.92 Å². The van der Waals surface area contributed by atoms with Crippen molar-refractivity contribution in [1.82, 2.24) is 10.6 Å². The van der Waals surface area contributed by atoms with Crippen LogP contribution in [0.4, 0.5) is 10.5 Å². The first-order chi connectivity index (χ1) is 17.4. The van der Waals surface area contributed by atoms with E-state index in [1.807, 2.05) is 0 Å². The largest absolute Gasteiger partial charge is 0.497 e. The molecule has 1 unspecified atom stereocenters. The first kappa shape index (κ1) is 24.8. The maximum Gasteiger partial charge on any atom is 0.338 e. The molecule has 0 aromatic heterocycles. The van der Waals surface area contributed by atoms with Crippen molar-refractivity contribution in [3.63, 3.8) is 0 Å². The first-order valence-electron chi connectivity index (χ1n) is 11.6. The van der Waals surface area contributed by atoms with E-state index in [2.05, 4.69) is 16.0 Å². The molecule has 2 aromatic carbocycles. The number of amides is 3. The molecule has 4 rings (SSSR count). The number of benzene rings is 2. The van der Waals surface area contributed by atoms with Crippen LogP contribution in [0.25, 0.3) is 0 Å². The third-order valence-corrected chi connectivity index (χ3v) is 5.76. The molecule has 188 valence electrons. The molecule has 0 spiro atoms. The number of nitrogens with one attached hydrogen (secondary N) is 3. The summed E-state index contributed by atoms with van der Waals surface area (Å²) in [5.41, 5.74) is 1.57. The molecule has 3 amide bonds. The Labute approximate surface area is 208 Å². The zero-order valence-electron chi connectivity index (χ0n) is 20.0. The second-order valence-corrected chi connectivity index (χ2v) is 8.34. The van der Waals surface area contributed by atoms with Crippen molar-refractivity contribution in [3.8, 4) is 5.75 Å². The van der Waals surface area contributed by atoms with Crippen LogP contribution in [0.1, 0.15) is 41.7 Å². The van der Waals surface area contributed by atoms with E-state index in [0.29, 0.717) is 17.0 Å². The van der Waals surface area contributed by atoms with Gasteiger partial charge in [0.05, 0.1) is 36.6 Å². The normalized spacial score (nSPS) is 16.9. The summed E-state index contributed by atoms with van der Waals surface area (Å²) in [5, 5.41) is 8.07. The van der Waals surface area contributed by atoms with Crippen LogP contribution in [0.5, 0.6) is 5.75 Å². The Morgan fingerprint density at radius 3 is 2.44 bits per heavy atom. The SMILES string of the molecule is CCOC(=O)C1=C(COC(=O)c2cccc(NC(=O)C3CC3)c2)NC(=O)NC1c1ccc(OC)cc1. The zero-order chi connectivity index (χ0) is 25.7. The summed E-state index contributed by atoms with van der Waals surface area (Å²) >= 11 is 0. The van der Waals surface area contributed by atoms with Gasteiger partial charge in [0, 0.05) is 11.6 Å². The lowest BCUT2D eigenvalue weighted by atomic mass is 9.95. The molecule has 1 atom stereocenters. The van der Waals surface area contributed by atoms with Crippen LogP contribution in [0.2, 0.25) is 0 Å². The van der Waals surface area contributed by atoms with Crippen LogP contribution in [-0.2, 0) is 19.1 Å². The summed E-state index contributed by atoms with van der Waals surface area (Å²) in [6.07, 6.45) is 1.73. The molecular weight excluding hydrogens is 466 g/mol. The smallest absolute Gasteiger partial charge is 0.338 e. The third-order valence-electron chi connectivity index (χ3n) is 5.76. The summed E-state index contributed by atoms with van der Waals surface area (Å²) in [7, 11) is 1.54. The van der Waals surface area contributed by atoms with Crippen molar-refractivity contribution in [2.75, 3.05) is 25.6 Å². The van der Waals surface area contributed by atoms with E-state index in [1.165, 1.54) is 13.2 Å². The molecule has 1 heterocycles. The molecule has 36 heavy (non-hydrogen) atoms. The molecular formula is C26H27N3O7. The molecule has 1 saturated carbocycles. The summed E-state index contributed by atoms with van der Waals surface area (Å²) in [6, 6.07) is 11.9. The van der Waals surface area contributed by atoms with Gasteiger partial charge in [0.2, 0.25) is 5.91 Å². The summed E-state index contributed by atoms with van der Waals surface area (Å²) < 4.78 is 15.8. The second-order valence-electron chi connectivity index (χ2n) is 8.34. The molecule has 0 radical (unpaired) electrons. The van der Waals surface area contributed by atoms with E-state index in [9.17, 15) is 19.2 Å². The highest BCUT2D eigenvalue weighted by molar-refractivity contribution is 5.97. The summed E-state index contributed by atoms with van der Waals surface area (Å²) in [4.78, 5) is 50.1. The molecule has 2 aliphatic rings. The molecule has 2 aromatic rings. The van der Waals surface area contributed by atoms with Crippen molar-refractivity contribution in [1.29, 1.82) is 0 Å². The van der Waals surface area contributed by atoms with Crippen LogP contribution >= 0.6 is 0 Å². The minimum absolute atomic E-state index is 0.0241. The van der Waals surface area contributed by atoms with Gasteiger partial charge in [-0.05, 0) is 55.7 Å². The zero-order valence-corrected chi connectivity index (χ0v) is 20.0. The summed E-state index contributed by atoms with van der Waals surface area (Å²) in [5.74, 6) is -0.767. The predicted octanol–water partition coefficient (Wildman–Crippen LogP) is 3.07. The third kappa shape index (κ3) is 5.83. The number of methoxy groups -OCH3 is 1. The fourth-order valence-corrected chi connectivity index (χ4v) is 3.76. The van der Waals surface area contributed by atoms with E-state index in [-0.39, 0.29) is 41.9 Å². The maximum absolute atomic E-state index is 12.9. The van der Waals surface area contributed by atoms with Crippen LogP contribution in [0.3, 0.4) is 0 Å². The highest BCUT2D eigenvalue weighted by Crippen LogP contribution is 2.31. The molecule has 10 heteroatoms. The quantitative estimate of drug-likeness (QED) is 0.458. The average Bonchev–Trinajstić information content (AvgIpc) is 3.73. The molecule has 10 nitrogen and oxygen atoms in total. The molecule has 0 saturated heterocycles. The van der Waals surface area contributed by atoms with Gasteiger partial charge >= 0.3 is 18.0 Å². The Balaban J connectivity index is 1.55. The van der Waals surface area contributed by atoms with Gasteiger partial charge in [-0.25, -0.2) is 14.4 Å². The van der Waals surface area contributed by atoms with E-state index < -0.39 is 24.0 Å². The first-order valence-corrected chi connectivity index (χ1v) is 11.6. The van der Waals surface area contributed by atoms with Crippen LogP contribution < -0.4 is 20.7 Å². The number of anilines is 1. The Kier molecular flexibility index (Phi) is 7.53. The van der Waals surface area contributed by atoms with Gasteiger partial charge in [-0.2, -0.15) is 0 Å². The van der Waals surface area contributed by atoms with Crippen molar-refractivity contribution < 1.29 is 33.4 Å². The number of rotatable bonds is 9. The van der Waals surface area contributed by atoms with Gasteiger partial charge in [0.15, 0.2) is 0 Å². The molecule has 1 aliphatic carbocycles. The van der Waals surface area contributed by atoms with Gasteiger partial charge < -0.3 is 30.2 Å². The Morgan fingerprint density at radius 2 is 1.78 bits per heavy atom. The van der Waals surface area contributed by atoms with Gasteiger partial charge in [-0.1, -0.05) is 18.2 Å². The number of esters is 2. The number of hydrogen-bond donors (Lipinski definition) is 3. The van der Waals surface area contributed by atoms with E-state index in [1.54, 1.807) is 49.4 Å². The number of carbonyl (C=O) groups is 4. The van der Waals surface area contributed by atoms with Gasteiger partial charge in [-0.3, -0.25) is 4.79 Å². The molecule has 0 bridgehead atoms. The lowest BCUT2D eigenvalue weighted by Gasteiger charge is -2.29. The van der Waals surface area contributed by atoms with Gasteiger partial charge in [0.1, 0.15) is 12.4 Å². The van der Waals surface area contributed by atoms with Crippen molar-refractivity contribution in [2.45, 2.75) is 25.8 Å². The van der Waals surface area contributed by atoms with Crippen LogP contribution in [0.15, 0.2) is 59.8 Å². The minimum Gasteiger partial charge on any atom is -0.497 e. The van der Waals surface area contributed by atoms with Crippen LogP contribution in [0, 0.1) is 5.92 Å². The minimum atomic E-state index is -0.821. The topological polar surface area (TPSA) is 132 Å². The highest BCUT2D eigenvalue weighted by Gasteiger charge is 2.34. The molecule has 1 fully saturated rings. The number of carbonyl (C=O) groups excluding carboxylic acids is 4. The Bertz CT molecular complexity index is 1200. The van der Waals surface area contributed by atoms with E-state index in [4.69, 9.17) is 14.2 Å². The number of urea groups is 1. The fourth-order valence-electron chi connectivity index (χ4n) is 3.76. The average molecular weight is 494 g/mol. The van der Waals surface area contributed by atoms with E-state index >= 15 is 0 Å². The van der Waals surface area contributed by atoms with Gasteiger partial charge in [0.25, 0.3) is 0 Å². The lowest BCUT2D eigenvalue weighted by molar-refractivity contribution is -0.139. The lowest BCUT2D eigenvalue weighted by Crippen LogP contribution is -2.47. The highest BCUT2D eigenvalue weighted by atomic mass is 16.5. The Morgan fingerprint density at radius 1 is 1.03 bits per heavy atom. The monoisotopic (exact) mass is 493 g/mol. The molecule has 1 aliphatic heterocycles. The Hall–Kier alpha value is -4.34. The van der Waals surface area contributed by atoms with E-state index in [0.717, 1.165) is 12.8 Å². The number of ether oxygens (including phenoxy) is 3. The number of hydrogen-bond acceptors (Lipinski definition) is 7. The fraction of sp³-hybridized carbons (Fsp3) is 0.308. The van der Waals surface area contributed by atoms with Gasteiger partial charge in [-0.15, -0.1) is 0 Å². The second kappa shape index (κ2) is 10.9. The standard InChI is InChI=1S/C26H27N3O7/c1-3-35-25(32)21-20(28-26(33)29-22(21)15-9-11-19(34-2)12-10-15)14-36-24(31)17-5-4-6-18(13-17)27-23(30)16-7-8-16/h4-6,9-13,16,22H,3,7-8,14H2,1-2H3,(H,27,30)(H2,28,29,33). The molecule has 3 N–H and O–H groups in total. The van der Waals surface area contributed by atoms with Crippen molar-refractivity contribution in [3.05, 3.63) is 70.9 Å². The maximum atomic E-state index is 12.9.